The zero-order chi connectivity index (χ0) is 22.7. The number of aromatic nitrogens is 2. The Hall–Kier alpha value is -3.20. The van der Waals surface area contributed by atoms with E-state index in [0.29, 0.717) is 41.2 Å². The second-order valence-electron chi connectivity index (χ2n) is 8.10. The minimum absolute atomic E-state index is 0.0869. The van der Waals surface area contributed by atoms with E-state index in [-0.39, 0.29) is 17.5 Å². The van der Waals surface area contributed by atoms with Gasteiger partial charge in [0.15, 0.2) is 0 Å². The minimum atomic E-state index is -0.396. The molecule has 0 radical (unpaired) electrons. The summed E-state index contributed by atoms with van der Waals surface area (Å²) < 4.78 is 0. The number of aromatic amines is 1. The van der Waals surface area contributed by atoms with Crippen molar-refractivity contribution in [3.8, 4) is 0 Å². The average Bonchev–Trinajstić information content (AvgIpc) is 3.53. The van der Waals surface area contributed by atoms with Crippen molar-refractivity contribution >= 4 is 51.5 Å². The van der Waals surface area contributed by atoms with Crippen LogP contribution in [0, 0.1) is 5.92 Å². The van der Waals surface area contributed by atoms with Crippen LogP contribution in [0.25, 0.3) is 10.9 Å². The van der Waals surface area contributed by atoms with Crippen LogP contribution in [-0.2, 0) is 4.79 Å². The molecule has 8 nitrogen and oxygen atoms in total. The first-order valence-electron chi connectivity index (χ1n) is 10.9. The molecule has 0 saturated heterocycles. The highest BCUT2D eigenvalue weighted by molar-refractivity contribution is 7.07. The first-order chi connectivity index (χ1) is 15.5. The highest BCUT2D eigenvalue weighted by Gasteiger charge is 2.24. The summed E-state index contributed by atoms with van der Waals surface area (Å²) in [6.07, 6.45) is 5.20. The van der Waals surface area contributed by atoms with Gasteiger partial charge in [0.05, 0.1) is 11.1 Å². The predicted molar refractivity (Wildman–Crippen MR) is 126 cm³/mol. The largest absolute Gasteiger partial charge is 0.352 e. The number of H-pyrrole nitrogens is 1. The van der Waals surface area contributed by atoms with Crippen molar-refractivity contribution in [1.82, 2.24) is 15.3 Å². The van der Waals surface area contributed by atoms with E-state index in [1.807, 2.05) is 25.1 Å². The van der Waals surface area contributed by atoms with Gasteiger partial charge in [0.2, 0.25) is 5.91 Å². The van der Waals surface area contributed by atoms with Crippen LogP contribution in [0.3, 0.4) is 0 Å². The number of carbonyl (C=O) groups excluding carboxylic acids is 3. The number of carbonyl (C=O) groups is 3. The molecule has 1 aliphatic carbocycles. The first-order valence-corrected chi connectivity index (χ1v) is 11.8. The Morgan fingerprint density at radius 2 is 2.00 bits per heavy atom. The van der Waals surface area contributed by atoms with E-state index >= 15 is 0 Å². The number of amides is 3. The molecule has 1 aliphatic rings. The third-order valence-electron chi connectivity index (χ3n) is 5.95. The van der Waals surface area contributed by atoms with E-state index < -0.39 is 5.91 Å². The fourth-order valence-corrected chi connectivity index (χ4v) is 4.75. The fraction of sp³-hybridized carbons (Fsp3) is 0.391. The van der Waals surface area contributed by atoms with Crippen molar-refractivity contribution in [2.24, 2.45) is 5.92 Å². The number of hydrogen-bond donors (Lipinski definition) is 3. The third-order valence-corrected chi connectivity index (χ3v) is 6.54. The molecule has 2 aromatic heterocycles. The van der Waals surface area contributed by atoms with Gasteiger partial charge in [-0.15, -0.1) is 11.3 Å². The summed E-state index contributed by atoms with van der Waals surface area (Å²) in [4.78, 5) is 46.9. The van der Waals surface area contributed by atoms with E-state index in [4.69, 9.17) is 0 Å². The Morgan fingerprint density at radius 1 is 1.22 bits per heavy atom. The molecule has 3 aromatic rings. The monoisotopic (exact) mass is 453 g/mol. The summed E-state index contributed by atoms with van der Waals surface area (Å²) >= 11 is 1.32. The molecule has 1 saturated carbocycles. The molecule has 0 unspecified atom stereocenters. The summed E-state index contributed by atoms with van der Waals surface area (Å²) in [5.74, 6) is 0.180. The van der Waals surface area contributed by atoms with Gasteiger partial charge in [-0.2, -0.15) is 0 Å². The lowest BCUT2D eigenvalue weighted by Gasteiger charge is -2.19. The molecule has 0 aliphatic heterocycles. The molecule has 0 atom stereocenters. The van der Waals surface area contributed by atoms with Crippen molar-refractivity contribution in [3.63, 3.8) is 0 Å². The van der Waals surface area contributed by atoms with Gasteiger partial charge in [0.1, 0.15) is 11.5 Å². The first kappa shape index (κ1) is 22.0. The number of nitrogens with zero attached hydrogens (tertiary/aromatic N) is 2. The van der Waals surface area contributed by atoms with E-state index in [0.717, 1.165) is 18.5 Å². The quantitative estimate of drug-likeness (QED) is 0.499. The average molecular weight is 454 g/mol. The SMILES string of the molecule is CCNC(=O)c1c(NC(=O)c2cscn2)[nH]c2cc(N(C)C(=O)CC3CCCC3)ccc12. The molecule has 168 valence electrons. The van der Waals surface area contributed by atoms with Gasteiger partial charge < -0.3 is 20.5 Å². The van der Waals surface area contributed by atoms with Crippen LogP contribution in [0.5, 0.6) is 0 Å². The van der Waals surface area contributed by atoms with Crippen LogP contribution in [0.1, 0.15) is 59.9 Å². The van der Waals surface area contributed by atoms with Gasteiger partial charge in [-0.25, -0.2) is 4.98 Å². The number of nitrogens with one attached hydrogen (secondary N) is 3. The normalized spacial score (nSPS) is 13.9. The van der Waals surface area contributed by atoms with E-state index in [1.54, 1.807) is 22.8 Å². The topological polar surface area (TPSA) is 107 Å². The Bertz CT molecular complexity index is 1130. The lowest BCUT2D eigenvalue weighted by molar-refractivity contribution is -0.119. The Labute approximate surface area is 190 Å². The van der Waals surface area contributed by atoms with Gasteiger partial charge in [-0.3, -0.25) is 14.4 Å². The minimum Gasteiger partial charge on any atom is -0.352 e. The Kier molecular flexibility index (Phi) is 6.55. The van der Waals surface area contributed by atoms with Gasteiger partial charge >= 0.3 is 0 Å². The molecule has 1 aromatic carbocycles. The van der Waals surface area contributed by atoms with E-state index in [1.165, 1.54) is 24.2 Å². The summed E-state index contributed by atoms with van der Waals surface area (Å²) in [6, 6.07) is 5.48. The molecule has 0 bridgehead atoms. The molecule has 3 amide bonds. The number of anilines is 2. The summed E-state index contributed by atoms with van der Waals surface area (Å²) in [7, 11) is 1.77. The fourth-order valence-electron chi connectivity index (χ4n) is 4.22. The third kappa shape index (κ3) is 4.52. The van der Waals surface area contributed by atoms with Gasteiger partial charge in [-0.05, 0) is 43.9 Å². The molecule has 3 N–H and O–H groups in total. The van der Waals surface area contributed by atoms with Gasteiger partial charge in [0.25, 0.3) is 11.8 Å². The lowest BCUT2D eigenvalue weighted by atomic mass is 10.0. The van der Waals surface area contributed by atoms with Gasteiger partial charge in [-0.1, -0.05) is 12.8 Å². The van der Waals surface area contributed by atoms with Crippen LogP contribution < -0.4 is 15.5 Å². The standard InChI is InChI=1S/C23H27N5O3S/c1-3-24-23(31)20-16-9-8-15(28(2)19(29)10-14-6-4-5-7-14)11-17(16)26-21(20)27-22(30)18-12-32-13-25-18/h8-9,11-14,26H,3-7,10H2,1-2H3,(H,24,31)(H,27,30). The second-order valence-corrected chi connectivity index (χ2v) is 8.82. The summed E-state index contributed by atoms with van der Waals surface area (Å²) in [5.41, 5.74) is 3.62. The number of fused-ring (bicyclic) bond motifs is 1. The zero-order valence-electron chi connectivity index (χ0n) is 18.2. The lowest BCUT2D eigenvalue weighted by Crippen LogP contribution is -2.27. The number of hydrogen-bond acceptors (Lipinski definition) is 5. The molecule has 4 rings (SSSR count). The Morgan fingerprint density at radius 3 is 2.69 bits per heavy atom. The molecular weight excluding hydrogens is 426 g/mol. The molecule has 1 fully saturated rings. The number of thiazole rings is 1. The smallest absolute Gasteiger partial charge is 0.276 e. The summed E-state index contributed by atoms with van der Waals surface area (Å²) in [6.45, 7) is 2.30. The van der Waals surface area contributed by atoms with Crippen LogP contribution in [0.2, 0.25) is 0 Å². The maximum atomic E-state index is 12.8. The van der Waals surface area contributed by atoms with Crippen molar-refractivity contribution in [2.45, 2.75) is 39.0 Å². The maximum Gasteiger partial charge on any atom is 0.276 e. The van der Waals surface area contributed by atoms with Crippen molar-refractivity contribution in [3.05, 3.63) is 40.3 Å². The molecular formula is C23H27N5O3S. The number of benzene rings is 1. The predicted octanol–water partition coefficient (Wildman–Crippen LogP) is 4.17. The Balaban J connectivity index is 1.64. The van der Waals surface area contributed by atoms with Crippen molar-refractivity contribution in [2.75, 3.05) is 23.8 Å². The van der Waals surface area contributed by atoms with Crippen LogP contribution in [0.4, 0.5) is 11.5 Å². The van der Waals surface area contributed by atoms with Crippen LogP contribution >= 0.6 is 11.3 Å². The molecule has 9 heteroatoms. The van der Waals surface area contributed by atoms with Crippen LogP contribution in [0.15, 0.2) is 29.1 Å². The summed E-state index contributed by atoms with van der Waals surface area (Å²) in [5, 5.41) is 7.88. The van der Waals surface area contributed by atoms with Gasteiger partial charge in [0, 0.05) is 42.0 Å². The van der Waals surface area contributed by atoms with E-state index in [2.05, 4.69) is 20.6 Å². The van der Waals surface area contributed by atoms with Crippen molar-refractivity contribution < 1.29 is 14.4 Å². The highest BCUT2D eigenvalue weighted by Crippen LogP contribution is 2.32. The molecule has 32 heavy (non-hydrogen) atoms. The second kappa shape index (κ2) is 9.52. The number of rotatable bonds is 7. The van der Waals surface area contributed by atoms with Crippen molar-refractivity contribution in [1.29, 1.82) is 0 Å². The van der Waals surface area contributed by atoms with E-state index in [9.17, 15) is 14.4 Å². The zero-order valence-corrected chi connectivity index (χ0v) is 19.1. The highest BCUT2D eigenvalue weighted by atomic mass is 32.1. The van der Waals surface area contributed by atoms with Crippen LogP contribution in [-0.4, -0.2) is 41.3 Å². The molecule has 2 heterocycles. The molecule has 0 spiro atoms. The maximum absolute atomic E-state index is 12.8.